The predicted molar refractivity (Wildman–Crippen MR) is 75.9 cm³/mol. The van der Waals surface area contributed by atoms with Gasteiger partial charge in [0.25, 0.3) is 0 Å². The average molecular weight is 258 g/mol. The fourth-order valence-electron chi connectivity index (χ4n) is 3.41. The van der Waals surface area contributed by atoms with Crippen molar-refractivity contribution in [3.05, 3.63) is 35.4 Å². The lowest BCUT2D eigenvalue weighted by Crippen LogP contribution is -2.43. The minimum absolute atomic E-state index is 0.0598. The Morgan fingerprint density at radius 2 is 2.11 bits per heavy atom. The highest BCUT2D eigenvalue weighted by atomic mass is 16.2. The van der Waals surface area contributed by atoms with E-state index in [1.165, 1.54) is 11.1 Å². The molecule has 1 amide bonds. The van der Waals surface area contributed by atoms with Gasteiger partial charge in [0.2, 0.25) is 5.91 Å². The van der Waals surface area contributed by atoms with E-state index in [-0.39, 0.29) is 12.1 Å². The van der Waals surface area contributed by atoms with Crippen LogP contribution in [0.2, 0.25) is 0 Å². The molecule has 3 rings (SSSR count). The zero-order chi connectivity index (χ0) is 13.2. The van der Waals surface area contributed by atoms with Crippen LogP contribution >= 0.6 is 0 Å². The first-order chi connectivity index (χ1) is 9.27. The summed E-state index contributed by atoms with van der Waals surface area (Å²) >= 11 is 0. The number of hydrogen-bond acceptors (Lipinski definition) is 2. The smallest absolute Gasteiger partial charge is 0.240 e. The molecule has 2 saturated heterocycles. The van der Waals surface area contributed by atoms with E-state index in [0.29, 0.717) is 5.91 Å². The normalized spacial score (nSPS) is 26.9. The molecule has 102 valence electrons. The molecular weight excluding hydrogens is 236 g/mol. The summed E-state index contributed by atoms with van der Waals surface area (Å²) < 4.78 is 0. The van der Waals surface area contributed by atoms with E-state index in [1.54, 1.807) is 0 Å². The summed E-state index contributed by atoms with van der Waals surface area (Å²) in [6.45, 7) is 4.04. The number of nitrogens with zero attached hydrogens (tertiary/aromatic N) is 1. The Morgan fingerprint density at radius 3 is 2.84 bits per heavy atom. The van der Waals surface area contributed by atoms with E-state index in [1.807, 2.05) is 0 Å². The highest BCUT2D eigenvalue weighted by Crippen LogP contribution is 2.34. The SMILES string of the molecule is Cc1ccccc1[C@H]1CCCN1C(=O)[C@H]1CCCN1. The summed E-state index contributed by atoms with van der Waals surface area (Å²) in [7, 11) is 0. The maximum absolute atomic E-state index is 12.6. The van der Waals surface area contributed by atoms with Gasteiger partial charge in [0.05, 0.1) is 12.1 Å². The highest BCUT2D eigenvalue weighted by molar-refractivity contribution is 5.83. The van der Waals surface area contributed by atoms with Gasteiger partial charge in [0.15, 0.2) is 0 Å². The van der Waals surface area contributed by atoms with E-state index in [0.717, 1.165) is 38.8 Å². The number of aryl methyl sites for hydroxylation is 1. The van der Waals surface area contributed by atoms with Crippen LogP contribution in [0.1, 0.15) is 42.9 Å². The second-order valence-corrected chi connectivity index (χ2v) is 5.70. The Labute approximate surface area is 115 Å². The zero-order valence-electron chi connectivity index (χ0n) is 11.6. The number of nitrogens with one attached hydrogen (secondary N) is 1. The van der Waals surface area contributed by atoms with Crippen LogP contribution in [0.4, 0.5) is 0 Å². The van der Waals surface area contributed by atoms with Crippen LogP contribution < -0.4 is 5.32 Å². The third-order valence-corrected chi connectivity index (χ3v) is 4.44. The van der Waals surface area contributed by atoms with Crippen molar-refractivity contribution >= 4 is 5.91 Å². The molecule has 1 N–H and O–H groups in total. The molecule has 0 unspecified atom stereocenters. The Hall–Kier alpha value is -1.35. The van der Waals surface area contributed by atoms with Crippen molar-refractivity contribution < 1.29 is 4.79 Å². The van der Waals surface area contributed by atoms with Crippen molar-refractivity contribution in [2.24, 2.45) is 0 Å². The standard InChI is InChI=1S/C16H22N2O/c1-12-6-2-3-7-13(12)15-9-5-11-18(15)16(19)14-8-4-10-17-14/h2-3,6-7,14-15,17H,4-5,8-11H2,1H3/t14-,15-/m1/s1. The average Bonchev–Trinajstić information content (AvgIpc) is 3.10. The molecule has 19 heavy (non-hydrogen) atoms. The lowest BCUT2D eigenvalue weighted by atomic mass is 9.99. The molecule has 0 bridgehead atoms. The molecular formula is C16H22N2O. The molecule has 1 aromatic rings. The second kappa shape index (κ2) is 5.33. The predicted octanol–water partition coefficient (Wildman–Crippen LogP) is 2.41. The van der Waals surface area contributed by atoms with Crippen molar-refractivity contribution in [3.63, 3.8) is 0 Å². The van der Waals surface area contributed by atoms with Gasteiger partial charge in [-0.2, -0.15) is 0 Å². The van der Waals surface area contributed by atoms with Crippen LogP contribution in [0.25, 0.3) is 0 Å². The van der Waals surface area contributed by atoms with Gasteiger partial charge in [-0.25, -0.2) is 0 Å². The van der Waals surface area contributed by atoms with E-state index >= 15 is 0 Å². The van der Waals surface area contributed by atoms with Gasteiger partial charge in [0, 0.05) is 6.54 Å². The third-order valence-electron chi connectivity index (χ3n) is 4.44. The first-order valence-electron chi connectivity index (χ1n) is 7.37. The van der Waals surface area contributed by atoms with Crippen molar-refractivity contribution in [2.45, 2.75) is 44.7 Å². The quantitative estimate of drug-likeness (QED) is 0.883. The van der Waals surface area contributed by atoms with E-state index < -0.39 is 0 Å². The third kappa shape index (κ3) is 2.39. The van der Waals surface area contributed by atoms with Gasteiger partial charge in [-0.05, 0) is 50.3 Å². The maximum atomic E-state index is 12.6. The van der Waals surface area contributed by atoms with Crippen LogP contribution in [0.15, 0.2) is 24.3 Å². The molecule has 0 aromatic heterocycles. The maximum Gasteiger partial charge on any atom is 0.240 e. The van der Waals surface area contributed by atoms with Crippen molar-refractivity contribution in [1.82, 2.24) is 10.2 Å². The zero-order valence-corrected chi connectivity index (χ0v) is 11.6. The first-order valence-corrected chi connectivity index (χ1v) is 7.37. The molecule has 2 fully saturated rings. The summed E-state index contributed by atoms with van der Waals surface area (Å²) in [6.07, 6.45) is 4.34. The molecule has 3 heteroatoms. The van der Waals surface area contributed by atoms with Crippen LogP contribution in [0.5, 0.6) is 0 Å². The Morgan fingerprint density at radius 1 is 1.26 bits per heavy atom. The number of carbonyl (C=O) groups excluding carboxylic acids is 1. The van der Waals surface area contributed by atoms with Crippen LogP contribution in [-0.2, 0) is 4.79 Å². The van der Waals surface area contributed by atoms with Crippen LogP contribution in [-0.4, -0.2) is 29.9 Å². The first kappa shape index (κ1) is 12.7. The molecule has 2 aliphatic rings. The molecule has 2 aliphatic heterocycles. The molecule has 2 heterocycles. The van der Waals surface area contributed by atoms with Crippen LogP contribution in [0.3, 0.4) is 0 Å². The van der Waals surface area contributed by atoms with Crippen molar-refractivity contribution in [1.29, 1.82) is 0 Å². The van der Waals surface area contributed by atoms with Crippen molar-refractivity contribution in [3.8, 4) is 0 Å². The molecule has 1 aromatic carbocycles. The van der Waals surface area contributed by atoms with Gasteiger partial charge in [-0.1, -0.05) is 24.3 Å². The number of amides is 1. The summed E-state index contributed by atoms with van der Waals surface area (Å²) in [4.78, 5) is 14.7. The fourth-order valence-corrected chi connectivity index (χ4v) is 3.41. The summed E-state index contributed by atoms with van der Waals surface area (Å²) in [5.41, 5.74) is 2.62. The van der Waals surface area contributed by atoms with Gasteiger partial charge >= 0.3 is 0 Å². The molecule has 3 nitrogen and oxygen atoms in total. The lowest BCUT2D eigenvalue weighted by Gasteiger charge is -2.28. The van der Waals surface area contributed by atoms with Crippen molar-refractivity contribution in [2.75, 3.05) is 13.1 Å². The molecule has 0 saturated carbocycles. The Bertz CT molecular complexity index is 466. The van der Waals surface area contributed by atoms with Gasteiger partial charge in [-0.15, -0.1) is 0 Å². The molecule has 2 atom stereocenters. The summed E-state index contributed by atoms with van der Waals surface area (Å²) in [5.74, 6) is 0.309. The summed E-state index contributed by atoms with van der Waals surface area (Å²) in [6, 6.07) is 8.81. The number of likely N-dealkylation sites (tertiary alicyclic amines) is 1. The largest absolute Gasteiger partial charge is 0.334 e. The van der Waals surface area contributed by atoms with E-state index in [2.05, 4.69) is 41.4 Å². The minimum atomic E-state index is 0.0598. The number of benzene rings is 1. The number of hydrogen-bond donors (Lipinski definition) is 1. The number of carbonyl (C=O) groups is 1. The van der Waals surface area contributed by atoms with E-state index in [4.69, 9.17) is 0 Å². The fraction of sp³-hybridized carbons (Fsp3) is 0.562. The second-order valence-electron chi connectivity index (χ2n) is 5.70. The molecule has 0 spiro atoms. The van der Waals surface area contributed by atoms with Crippen LogP contribution in [0, 0.1) is 6.92 Å². The highest BCUT2D eigenvalue weighted by Gasteiger charge is 2.35. The van der Waals surface area contributed by atoms with Gasteiger partial charge in [0.1, 0.15) is 0 Å². The topological polar surface area (TPSA) is 32.3 Å². The van der Waals surface area contributed by atoms with Gasteiger partial charge in [-0.3, -0.25) is 4.79 Å². The lowest BCUT2D eigenvalue weighted by molar-refractivity contribution is -0.134. The molecule has 0 radical (unpaired) electrons. The monoisotopic (exact) mass is 258 g/mol. The summed E-state index contributed by atoms with van der Waals surface area (Å²) in [5, 5.41) is 3.33. The Balaban J connectivity index is 1.81. The van der Waals surface area contributed by atoms with E-state index in [9.17, 15) is 4.79 Å². The number of rotatable bonds is 2. The Kier molecular flexibility index (Phi) is 3.56. The minimum Gasteiger partial charge on any atom is -0.334 e. The van der Waals surface area contributed by atoms with Gasteiger partial charge < -0.3 is 10.2 Å². The molecule has 0 aliphatic carbocycles.